The fourth-order valence-electron chi connectivity index (χ4n) is 1.10. The molecule has 0 aliphatic carbocycles. The summed E-state index contributed by atoms with van der Waals surface area (Å²) >= 11 is 5.92. The number of hydrogen-bond donors (Lipinski definition) is 2. The normalized spacial score (nSPS) is 10.0. The monoisotopic (exact) mass is 227 g/mol. The summed E-state index contributed by atoms with van der Waals surface area (Å²) in [5, 5.41) is 6.53. The summed E-state index contributed by atoms with van der Waals surface area (Å²) in [6.45, 7) is 3.52. The first kappa shape index (κ1) is 11.9. The van der Waals surface area contributed by atoms with Crippen LogP contribution >= 0.6 is 11.6 Å². The average Bonchev–Trinajstić information content (AvgIpc) is 2.20. The van der Waals surface area contributed by atoms with Gasteiger partial charge in [0.05, 0.1) is 5.02 Å². The van der Waals surface area contributed by atoms with Crippen LogP contribution in [0.1, 0.15) is 12.5 Å². The zero-order valence-electron chi connectivity index (χ0n) is 8.59. The van der Waals surface area contributed by atoms with E-state index in [-0.39, 0.29) is 5.91 Å². The molecule has 1 amide bonds. The second-order valence-corrected chi connectivity index (χ2v) is 3.53. The van der Waals surface area contributed by atoms with Gasteiger partial charge < -0.3 is 10.6 Å². The molecule has 0 bridgehead atoms. The molecule has 0 radical (unpaired) electrons. The predicted octanol–water partition coefficient (Wildman–Crippen LogP) is 0.961. The third-order valence-electron chi connectivity index (χ3n) is 1.85. The highest BCUT2D eigenvalue weighted by molar-refractivity contribution is 6.31. The van der Waals surface area contributed by atoms with Gasteiger partial charge in [-0.3, -0.25) is 9.78 Å². The molecule has 0 saturated heterocycles. The van der Waals surface area contributed by atoms with Crippen molar-refractivity contribution >= 4 is 17.5 Å². The topological polar surface area (TPSA) is 54.0 Å². The van der Waals surface area contributed by atoms with Gasteiger partial charge in [-0.15, -0.1) is 0 Å². The van der Waals surface area contributed by atoms with Gasteiger partial charge in [0, 0.05) is 39.0 Å². The van der Waals surface area contributed by atoms with Crippen molar-refractivity contribution in [1.82, 2.24) is 15.6 Å². The van der Waals surface area contributed by atoms with Crippen LogP contribution in [-0.2, 0) is 11.3 Å². The molecule has 2 N–H and O–H groups in total. The fraction of sp³-hybridized carbons (Fsp3) is 0.400. The van der Waals surface area contributed by atoms with Crippen molar-refractivity contribution in [3.8, 4) is 0 Å². The number of pyridine rings is 1. The van der Waals surface area contributed by atoms with E-state index in [1.807, 2.05) is 6.07 Å². The Morgan fingerprint density at radius 3 is 3.00 bits per heavy atom. The Bertz CT molecular complexity index is 330. The molecule has 0 aromatic carbocycles. The summed E-state index contributed by atoms with van der Waals surface area (Å²) < 4.78 is 0. The lowest BCUT2D eigenvalue weighted by molar-refractivity contribution is -0.118. The van der Waals surface area contributed by atoms with Crippen molar-refractivity contribution in [2.45, 2.75) is 13.5 Å². The molecule has 0 unspecified atom stereocenters. The molecule has 4 nitrogen and oxygen atoms in total. The van der Waals surface area contributed by atoms with Gasteiger partial charge in [-0.05, 0) is 11.6 Å². The second-order valence-electron chi connectivity index (χ2n) is 3.13. The van der Waals surface area contributed by atoms with E-state index in [0.29, 0.717) is 18.1 Å². The van der Waals surface area contributed by atoms with E-state index in [4.69, 9.17) is 11.6 Å². The minimum atomic E-state index is -0.0151. The van der Waals surface area contributed by atoms with E-state index in [1.54, 1.807) is 12.4 Å². The molecular weight excluding hydrogens is 214 g/mol. The maximum Gasteiger partial charge on any atom is 0.216 e. The molecule has 0 aliphatic rings. The van der Waals surface area contributed by atoms with Crippen LogP contribution in [0.5, 0.6) is 0 Å². The first-order valence-electron chi connectivity index (χ1n) is 4.73. The van der Waals surface area contributed by atoms with Crippen molar-refractivity contribution in [3.05, 3.63) is 29.0 Å². The number of rotatable bonds is 5. The molecule has 15 heavy (non-hydrogen) atoms. The number of amides is 1. The third kappa shape index (κ3) is 4.76. The minimum absolute atomic E-state index is 0.0151. The standard InChI is InChI=1S/C10H14ClN3O/c1-8(15)14-5-4-13-6-9-2-3-12-7-10(9)11/h2-3,7,13H,4-6H2,1H3,(H,14,15). The molecule has 1 rings (SSSR count). The van der Waals surface area contributed by atoms with Crippen LogP contribution < -0.4 is 10.6 Å². The van der Waals surface area contributed by atoms with Crippen LogP contribution in [-0.4, -0.2) is 24.0 Å². The van der Waals surface area contributed by atoms with Crippen LogP contribution in [0.25, 0.3) is 0 Å². The maximum atomic E-state index is 10.6. The van der Waals surface area contributed by atoms with E-state index in [2.05, 4.69) is 15.6 Å². The molecule has 1 aromatic rings. The molecule has 0 saturated carbocycles. The Morgan fingerprint density at radius 1 is 1.53 bits per heavy atom. The molecule has 82 valence electrons. The first-order chi connectivity index (χ1) is 7.20. The van der Waals surface area contributed by atoms with E-state index < -0.39 is 0 Å². The number of nitrogens with one attached hydrogen (secondary N) is 2. The van der Waals surface area contributed by atoms with Gasteiger partial charge >= 0.3 is 0 Å². The van der Waals surface area contributed by atoms with E-state index >= 15 is 0 Å². The highest BCUT2D eigenvalue weighted by atomic mass is 35.5. The van der Waals surface area contributed by atoms with Gasteiger partial charge in [0.25, 0.3) is 0 Å². The average molecular weight is 228 g/mol. The zero-order valence-corrected chi connectivity index (χ0v) is 9.34. The molecule has 5 heteroatoms. The van der Waals surface area contributed by atoms with Gasteiger partial charge in [-0.2, -0.15) is 0 Å². The van der Waals surface area contributed by atoms with Gasteiger partial charge in [0.1, 0.15) is 0 Å². The number of aromatic nitrogens is 1. The van der Waals surface area contributed by atoms with E-state index in [9.17, 15) is 4.79 Å². The quantitative estimate of drug-likeness (QED) is 0.737. The molecular formula is C10H14ClN3O. The summed E-state index contributed by atoms with van der Waals surface area (Å²) in [5.41, 5.74) is 1.01. The maximum absolute atomic E-state index is 10.6. The summed E-state index contributed by atoms with van der Waals surface area (Å²) in [6.07, 6.45) is 3.32. The van der Waals surface area contributed by atoms with Crippen molar-refractivity contribution < 1.29 is 4.79 Å². The summed E-state index contributed by atoms with van der Waals surface area (Å²) in [4.78, 5) is 14.5. The highest BCUT2D eigenvalue weighted by Gasteiger charge is 1.98. The Morgan fingerprint density at radius 2 is 2.33 bits per heavy atom. The Kier molecular flexibility index (Phi) is 5.07. The van der Waals surface area contributed by atoms with Crippen molar-refractivity contribution in [2.75, 3.05) is 13.1 Å². The fourth-order valence-corrected chi connectivity index (χ4v) is 1.28. The largest absolute Gasteiger partial charge is 0.355 e. The van der Waals surface area contributed by atoms with Crippen LogP contribution in [0.4, 0.5) is 0 Å². The van der Waals surface area contributed by atoms with Crippen molar-refractivity contribution in [3.63, 3.8) is 0 Å². The second kappa shape index (κ2) is 6.37. The lowest BCUT2D eigenvalue weighted by Crippen LogP contribution is -2.29. The Labute approximate surface area is 94.0 Å². The lowest BCUT2D eigenvalue weighted by Gasteiger charge is -2.06. The highest BCUT2D eigenvalue weighted by Crippen LogP contribution is 2.12. The zero-order chi connectivity index (χ0) is 11.1. The SMILES string of the molecule is CC(=O)NCCNCc1ccncc1Cl. The third-order valence-corrected chi connectivity index (χ3v) is 2.19. The van der Waals surface area contributed by atoms with Crippen molar-refractivity contribution in [1.29, 1.82) is 0 Å². The van der Waals surface area contributed by atoms with Gasteiger partial charge in [-0.1, -0.05) is 11.6 Å². The van der Waals surface area contributed by atoms with Gasteiger partial charge in [0.2, 0.25) is 5.91 Å². The lowest BCUT2D eigenvalue weighted by atomic mass is 10.2. The molecule has 1 aromatic heterocycles. The van der Waals surface area contributed by atoms with Gasteiger partial charge in [0.15, 0.2) is 0 Å². The first-order valence-corrected chi connectivity index (χ1v) is 5.11. The molecule has 1 heterocycles. The predicted molar refractivity (Wildman–Crippen MR) is 59.6 cm³/mol. The van der Waals surface area contributed by atoms with E-state index in [1.165, 1.54) is 6.92 Å². The van der Waals surface area contributed by atoms with E-state index in [0.717, 1.165) is 12.1 Å². The minimum Gasteiger partial charge on any atom is -0.355 e. The molecule has 0 aliphatic heterocycles. The number of hydrogen-bond acceptors (Lipinski definition) is 3. The van der Waals surface area contributed by atoms with Crippen molar-refractivity contribution in [2.24, 2.45) is 0 Å². The van der Waals surface area contributed by atoms with Crippen LogP contribution in [0.3, 0.4) is 0 Å². The number of carbonyl (C=O) groups is 1. The number of halogens is 1. The Hall–Kier alpha value is -1.13. The van der Waals surface area contributed by atoms with Gasteiger partial charge in [-0.25, -0.2) is 0 Å². The Balaban J connectivity index is 2.21. The van der Waals surface area contributed by atoms with Crippen LogP contribution in [0, 0.1) is 0 Å². The number of nitrogens with zero attached hydrogens (tertiary/aromatic N) is 1. The molecule has 0 spiro atoms. The van der Waals surface area contributed by atoms with Crippen LogP contribution in [0.15, 0.2) is 18.5 Å². The summed E-state index contributed by atoms with van der Waals surface area (Å²) in [5.74, 6) is -0.0151. The molecule has 0 fully saturated rings. The smallest absolute Gasteiger partial charge is 0.216 e. The summed E-state index contributed by atoms with van der Waals surface area (Å²) in [7, 11) is 0. The number of carbonyl (C=O) groups excluding carboxylic acids is 1. The van der Waals surface area contributed by atoms with Crippen LogP contribution in [0.2, 0.25) is 5.02 Å². The molecule has 0 atom stereocenters. The summed E-state index contributed by atoms with van der Waals surface area (Å²) in [6, 6.07) is 1.87.